The molecule has 0 fully saturated rings. The summed E-state index contributed by atoms with van der Waals surface area (Å²) in [5.74, 6) is 0. The largest absolute Gasteiger partial charge is 0.265 e. The van der Waals surface area contributed by atoms with Crippen LogP contribution in [-0.2, 0) is 6.54 Å². The molecule has 2 nitrogen and oxygen atoms in total. The topological polar surface area (TPSA) is 17.8 Å². The monoisotopic (exact) mass is 150 g/mol. The minimum atomic E-state index is 0.913. The molecule has 1 heterocycles. The van der Waals surface area contributed by atoms with E-state index in [0.29, 0.717) is 0 Å². The maximum atomic E-state index is 4.21. The van der Waals surface area contributed by atoms with Gasteiger partial charge in [-0.15, -0.1) is 0 Å². The van der Waals surface area contributed by atoms with Crippen molar-refractivity contribution in [3.63, 3.8) is 0 Å². The van der Waals surface area contributed by atoms with Crippen LogP contribution < -0.4 is 0 Å². The van der Waals surface area contributed by atoms with Crippen molar-refractivity contribution in [1.82, 2.24) is 9.78 Å². The molecule has 60 valence electrons. The van der Waals surface area contributed by atoms with Crippen molar-refractivity contribution in [2.45, 2.75) is 27.3 Å². The molecule has 1 aromatic rings. The van der Waals surface area contributed by atoms with Crippen LogP contribution in [0.4, 0.5) is 0 Å². The van der Waals surface area contributed by atoms with Gasteiger partial charge in [-0.1, -0.05) is 6.58 Å². The molecule has 0 N–H and O–H groups in total. The fourth-order valence-corrected chi connectivity index (χ4v) is 1.28. The van der Waals surface area contributed by atoms with Gasteiger partial charge >= 0.3 is 0 Å². The Bertz CT molecular complexity index is 271. The summed E-state index contributed by atoms with van der Waals surface area (Å²) in [6.07, 6.45) is 1.88. The Balaban J connectivity index is 3.17. The molecular formula is C9H14N2. The molecule has 0 saturated heterocycles. The number of aromatic nitrogens is 2. The summed E-state index contributed by atoms with van der Waals surface area (Å²) in [4.78, 5) is 0. The molecule has 0 aromatic carbocycles. The van der Waals surface area contributed by atoms with E-state index in [4.69, 9.17) is 0 Å². The fraction of sp³-hybridized carbons (Fsp3) is 0.444. The second-order valence-corrected chi connectivity index (χ2v) is 2.77. The molecule has 0 amide bonds. The number of aryl methyl sites for hydroxylation is 2. The van der Waals surface area contributed by atoms with Crippen LogP contribution >= 0.6 is 0 Å². The third-order valence-electron chi connectivity index (χ3n) is 1.73. The van der Waals surface area contributed by atoms with Gasteiger partial charge in [-0.05, 0) is 31.9 Å². The van der Waals surface area contributed by atoms with E-state index in [1.54, 1.807) is 0 Å². The van der Waals surface area contributed by atoms with Crippen LogP contribution in [0.25, 0.3) is 5.57 Å². The van der Waals surface area contributed by atoms with Crippen molar-refractivity contribution in [3.05, 3.63) is 24.0 Å². The van der Waals surface area contributed by atoms with Gasteiger partial charge in [-0.2, -0.15) is 5.10 Å². The first kappa shape index (κ1) is 8.05. The maximum absolute atomic E-state index is 4.21. The number of rotatable bonds is 2. The molecule has 11 heavy (non-hydrogen) atoms. The molecule has 0 aliphatic rings. The van der Waals surface area contributed by atoms with Gasteiger partial charge in [0.05, 0.1) is 11.9 Å². The third-order valence-corrected chi connectivity index (χ3v) is 1.73. The van der Waals surface area contributed by atoms with Crippen molar-refractivity contribution < 1.29 is 0 Å². The maximum Gasteiger partial charge on any atom is 0.0662 e. The Kier molecular flexibility index (Phi) is 2.13. The van der Waals surface area contributed by atoms with E-state index < -0.39 is 0 Å². The van der Waals surface area contributed by atoms with E-state index in [1.165, 1.54) is 11.3 Å². The predicted octanol–water partition coefficient (Wildman–Crippen LogP) is 2.24. The van der Waals surface area contributed by atoms with Crippen LogP contribution in [0.15, 0.2) is 12.8 Å². The second kappa shape index (κ2) is 2.91. The first-order valence-electron chi connectivity index (χ1n) is 3.85. The summed E-state index contributed by atoms with van der Waals surface area (Å²) >= 11 is 0. The minimum absolute atomic E-state index is 0.913. The van der Waals surface area contributed by atoms with Gasteiger partial charge in [0.15, 0.2) is 0 Å². The number of nitrogens with zero attached hydrogens (tertiary/aromatic N) is 2. The standard InChI is InChI=1S/C9H14N2/c1-5-11-9(7(2)3)8(4)6-10-11/h6H,2,5H2,1,3-4H3. The van der Waals surface area contributed by atoms with Crippen molar-refractivity contribution in [1.29, 1.82) is 0 Å². The van der Waals surface area contributed by atoms with Gasteiger partial charge in [0.2, 0.25) is 0 Å². The molecule has 1 rings (SSSR count). The molecule has 0 saturated carbocycles. The first-order chi connectivity index (χ1) is 5.16. The van der Waals surface area contributed by atoms with Gasteiger partial charge in [-0.3, -0.25) is 4.68 Å². The average molecular weight is 150 g/mol. The Morgan fingerprint density at radius 2 is 2.36 bits per heavy atom. The Hall–Kier alpha value is -1.05. The summed E-state index contributed by atoms with van der Waals surface area (Å²) in [6.45, 7) is 11.0. The zero-order valence-electron chi connectivity index (χ0n) is 7.39. The lowest BCUT2D eigenvalue weighted by Crippen LogP contribution is -2.00. The molecule has 0 radical (unpaired) electrons. The summed E-state index contributed by atoms with van der Waals surface area (Å²) in [5, 5.41) is 4.21. The Morgan fingerprint density at radius 1 is 1.73 bits per heavy atom. The Morgan fingerprint density at radius 3 is 2.73 bits per heavy atom. The molecule has 2 heteroatoms. The lowest BCUT2D eigenvalue weighted by Gasteiger charge is -2.03. The van der Waals surface area contributed by atoms with Crippen molar-refractivity contribution in [2.24, 2.45) is 0 Å². The van der Waals surface area contributed by atoms with Crippen LogP contribution in [0.5, 0.6) is 0 Å². The molecule has 0 spiro atoms. The smallest absolute Gasteiger partial charge is 0.0662 e. The molecule has 0 atom stereocenters. The van der Waals surface area contributed by atoms with Crippen LogP contribution in [0.3, 0.4) is 0 Å². The molecule has 1 aromatic heterocycles. The lowest BCUT2D eigenvalue weighted by atomic mass is 10.2. The van der Waals surface area contributed by atoms with E-state index in [0.717, 1.165) is 12.1 Å². The van der Waals surface area contributed by atoms with E-state index in [9.17, 15) is 0 Å². The minimum Gasteiger partial charge on any atom is -0.265 e. The molecule has 0 aliphatic carbocycles. The fourth-order valence-electron chi connectivity index (χ4n) is 1.28. The third kappa shape index (κ3) is 1.34. The molecule has 0 bridgehead atoms. The van der Waals surface area contributed by atoms with E-state index in [1.807, 2.05) is 17.8 Å². The Labute approximate surface area is 67.5 Å². The van der Waals surface area contributed by atoms with E-state index in [2.05, 4.69) is 25.5 Å². The lowest BCUT2D eigenvalue weighted by molar-refractivity contribution is 0.651. The quantitative estimate of drug-likeness (QED) is 0.632. The van der Waals surface area contributed by atoms with Crippen molar-refractivity contribution in [3.8, 4) is 0 Å². The van der Waals surface area contributed by atoms with Crippen molar-refractivity contribution >= 4 is 5.57 Å². The highest BCUT2D eigenvalue weighted by atomic mass is 15.3. The molecule has 0 unspecified atom stereocenters. The van der Waals surface area contributed by atoms with Gasteiger partial charge in [0.1, 0.15) is 0 Å². The van der Waals surface area contributed by atoms with Crippen molar-refractivity contribution in [2.75, 3.05) is 0 Å². The predicted molar refractivity (Wildman–Crippen MR) is 47.3 cm³/mol. The van der Waals surface area contributed by atoms with E-state index >= 15 is 0 Å². The van der Waals surface area contributed by atoms with Crippen LogP contribution in [-0.4, -0.2) is 9.78 Å². The highest BCUT2D eigenvalue weighted by molar-refractivity contribution is 5.60. The summed E-state index contributed by atoms with van der Waals surface area (Å²) in [5.41, 5.74) is 3.47. The van der Waals surface area contributed by atoms with Crippen LogP contribution in [0.1, 0.15) is 25.1 Å². The summed E-state index contributed by atoms with van der Waals surface area (Å²) < 4.78 is 1.97. The molecular weight excluding hydrogens is 136 g/mol. The van der Waals surface area contributed by atoms with Gasteiger partial charge in [0, 0.05) is 6.54 Å². The SMILES string of the molecule is C=C(C)c1c(C)cnn1CC. The van der Waals surface area contributed by atoms with Gasteiger partial charge in [-0.25, -0.2) is 0 Å². The van der Waals surface area contributed by atoms with Gasteiger partial charge in [0.25, 0.3) is 0 Å². The number of hydrogen-bond acceptors (Lipinski definition) is 1. The molecule has 0 aliphatic heterocycles. The van der Waals surface area contributed by atoms with E-state index in [-0.39, 0.29) is 0 Å². The second-order valence-electron chi connectivity index (χ2n) is 2.77. The summed E-state index contributed by atoms with van der Waals surface area (Å²) in [6, 6.07) is 0. The number of allylic oxidation sites excluding steroid dienone is 1. The average Bonchev–Trinajstić information content (AvgIpc) is 2.30. The highest BCUT2D eigenvalue weighted by Gasteiger charge is 2.04. The van der Waals surface area contributed by atoms with Crippen LogP contribution in [0.2, 0.25) is 0 Å². The van der Waals surface area contributed by atoms with Gasteiger partial charge < -0.3 is 0 Å². The zero-order chi connectivity index (χ0) is 8.43. The summed E-state index contributed by atoms with van der Waals surface area (Å²) in [7, 11) is 0. The normalized spacial score (nSPS) is 10.1. The zero-order valence-corrected chi connectivity index (χ0v) is 7.39. The van der Waals surface area contributed by atoms with Crippen LogP contribution in [0, 0.1) is 6.92 Å². The highest BCUT2D eigenvalue weighted by Crippen LogP contribution is 2.15. The number of hydrogen-bond donors (Lipinski definition) is 0. The first-order valence-corrected chi connectivity index (χ1v) is 3.85.